The summed E-state index contributed by atoms with van der Waals surface area (Å²) < 4.78 is 2.56. The minimum atomic E-state index is -0.0904. The second-order valence-corrected chi connectivity index (χ2v) is 8.08. The lowest BCUT2D eigenvalue weighted by Gasteiger charge is -2.14. The van der Waals surface area contributed by atoms with Crippen LogP contribution in [0.2, 0.25) is 0 Å². The number of hydrogen-bond acceptors (Lipinski definition) is 4. The fraction of sp³-hybridized carbons (Fsp3) is 0.316. The van der Waals surface area contributed by atoms with Crippen molar-refractivity contribution in [3.05, 3.63) is 62.4 Å². The zero-order valence-electron chi connectivity index (χ0n) is 14.4. The van der Waals surface area contributed by atoms with Crippen molar-refractivity contribution in [3.63, 3.8) is 0 Å². The van der Waals surface area contributed by atoms with Gasteiger partial charge in [-0.3, -0.25) is 14.2 Å². The lowest BCUT2D eigenvalue weighted by Crippen LogP contribution is -2.34. The Kier molecular flexibility index (Phi) is 6.21. The Bertz CT molecular complexity index is 949. The molecule has 1 atom stereocenters. The summed E-state index contributed by atoms with van der Waals surface area (Å²) in [5, 5.41) is 5.46. The van der Waals surface area contributed by atoms with Gasteiger partial charge in [-0.05, 0) is 48.9 Å². The van der Waals surface area contributed by atoms with Crippen LogP contribution in [0.5, 0.6) is 0 Å². The van der Waals surface area contributed by atoms with Gasteiger partial charge in [0.15, 0.2) is 0 Å². The standard InChI is InChI=1S/C19H20BrN3O2S/c1-13(2-3-14-4-6-15(20)7-5-14)22-17(24)8-10-23-12-21-18-16(19(23)25)9-11-26-18/h4-7,9,11-13H,2-3,8,10H2,1H3,(H,22,24). The molecule has 2 heterocycles. The zero-order chi connectivity index (χ0) is 18.5. The first-order valence-electron chi connectivity index (χ1n) is 8.49. The van der Waals surface area contributed by atoms with Crippen LogP contribution in [0.15, 0.2) is 51.3 Å². The topological polar surface area (TPSA) is 64.0 Å². The molecule has 2 aromatic heterocycles. The number of benzene rings is 1. The highest BCUT2D eigenvalue weighted by Crippen LogP contribution is 2.14. The molecule has 0 aliphatic carbocycles. The average molecular weight is 434 g/mol. The molecule has 1 unspecified atom stereocenters. The Balaban J connectivity index is 1.47. The maximum absolute atomic E-state index is 12.3. The van der Waals surface area contributed by atoms with Crippen molar-refractivity contribution in [2.75, 3.05) is 0 Å². The van der Waals surface area contributed by atoms with Crippen LogP contribution in [-0.2, 0) is 17.8 Å². The van der Waals surface area contributed by atoms with E-state index in [1.54, 1.807) is 6.07 Å². The second-order valence-electron chi connectivity index (χ2n) is 6.27. The lowest BCUT2D eigenvalue weighted by atomic mass is 10.1. The third-order valence-electron chi connectivity index (χ3n) is 4.22. The van der Waals surface area contributed by atoms with Gasteiger partial charge in [-0.1, -0.05) is 28.1 Å². The number of hydrogen-bond donors (Lipinski definition) is 1. The van der Waals surface area contributed by atoms with E-state index in [1.165, 1.54) is 27.8 Å². The molecule has 0 spiro atoms. The van der Waals surface area contributed by atoms with Crippen molar-refractivity contribution in [1.29, 1.82) is 0 Å². The van der Waals surface area contributed by atoms with Gasteiger partial charge in [0.25, 0.3) is 5.56 Å². The largest absolute Gasteiger partial charge is 0.354 e. The Morgan fingerprint density at radius 3 is 2.85 bits per heavy atom. The monoisotopic (exact) mass is 433 g/mol. The summed E-state index contributed by atoms with van der Waals surface area (Å²) in [6, 6.07) is 10.1. The molecule has 0 aliphatic rings. The number of nitrogens with zero attached hydrogens (tertiary/aromatic N) is 2. The van der Waals surface area contributed by atoms with Crippen molar-refractivity contribution in [1.82, 2.24) is 14.9 Å². The average Bonchev–Trinajstić information content (AvgIpc) is 3.10. The molecule has 0 radical (unpaired) electrons. The highest BCUT2D eigenvalue weighted by molar-refractivity contribution is 9.10. The molecule has 0 aliphatic heterocycles. The fourth-order valence-electron chi connectivity index (χ4n) is 2.73. The van der Waals surface area contributed by atoms with Gasteiger partial charge >= 0.3 is 0 Å². The second kappa shape index (κ2) is 8.60. The van der Waals surface area contributed by atoms with E-state index in [0.29, 0.717) is 11.9 Å². The van der Waals surface area contributed by atoms with E-state index in [1.807, 2.05) is 24.4 Å². The van der Waals surface area contributed by atoms with Gasteiger partial charge in [-0.2, -0.15) is 0 Å². The molecule has 136 valence electrons. The van der Waals surface area contributed by atoms with Crippen molar-refractivity contribution < 1.29 is 4.79 Å². The van der Waals surface area contributed by atoms with Crippen molar-refractivity contribution in [3.8, 4) is 0 Å². The predicted octanol–water partition coefficient (Wildman–Crippen LogP) is 3.75. The molecule has 26 heavy (non-hydrogen) atoms. The third kappa shape index (κ3) is 4.80. The van der Waals surface area contributed by atoms with Crippen LogP contribution in [-0.4, -0.2) is 21.5 Å². The van der Waals surface area contributed by atoms with Crippen molar-refractivity contribution >= 4 is 43.4 Å². The summed E-state index contributed by atoms with van der Waals surface area (Å²) in [6.45, 7) is 2.34. The van der Waals surface area contributed by atoms with Gasteiger partial charge in [-0.25, -0.2) is 4.98 Å². The SMILES string of the molecule is CC(CCc1ccc(Br)cc1)NC(=O)CCn1cnc2sccc2c1=O. The quantitative estimate of drug-likeness (QED) is 0.616. The van der Waals surface area contributed by atoms with Crippen LogP contribution in [0.4, 0.5) is 0 Å². The van der Waals surface area contributed by atoms with Gasteiger partial charge < -0.3 is 5.32 Å². The fourth-order valence-corrected chi connectivity index (χ4v) is 3.72. The van der Waals surface area contributed by atoms with Gasteiger partial charge in [0.05, 0.1) is 11.7 Å². The highest BCUT2D eigenvalue weighted by atomic mass is 79.9. The molecule has 0 saturated carbocycles. The number of carbonyl (C=O) groups is 1. The first-order valence-corrected chi connectivity index (χ1v) is 10.2. The van der Waals surface area contributed by atoms with Crippen LogP contribution in [0, 0.1) is 0 Å². The van der Waals surface area contributed by atoms with E-state index in [2.05, 4.69) is 38.4 Å². The van der Waals surface area contributed by atoms with Crippen LogP contribution >= 0.6 is 27.3 Å². The normalized spacial score (nSPS) is 12.2. The van der Waals surface area contributed by atoms with Crippen LogP contribution < -0.4 is 10.9 Å². The van der Waals surface area contributed by atoms with Crippen molar-refractivity contribution in [2.45, 2.75) is 38.8 Å². The van der Waals surface area contributed by atoms with Gasteiger partial charge in [-0.15, -0.1) is 11.3 Å². The lowest BCUT2D eigenvalue weighted by molar-refractivity contribution is -0.121. The van der Waals surface area contributed by atoms with Crippen LogP contribution in [0.25, 0.3) is 10.2 Å². The molecule has 3 rings (SSSR count). The molecule has 0 saturated heterocycles. The number of aryl methyl sites for hydroxylation is 2. The molecule has 0 fully saturated rings. The number of fused-ring (bicyclic) bond motifs is 1. The van der Waals surface area contributed by atoms with Crippen molar-refractivity contribution in [2.24, 2.45) is 0 Å². The molecule has 7 heteroatoms. The van der Waals surface area contributed by atoms with E-state index in [9.17, 15) is 9.59 Å². The van der Waals surface area contributed by atoms with E-state index in [-0.39, 0.29) is 23.9 Å². The number of amides is 1. The van der Waals surface area contributed by atoms with Crippen LogP contribution in [0.3, 0.4) is 0 Å². The maximum atomic E-state index is 12.3. The van der Waals surface area contributed by atoms with Gasteiger partial charge in [0.1, 0.15) is 4.83 Å². The Morgan fingerprint density at radius 1 is 1.31 bits per heavy atom. The Hall–Kier alpha value is -1.99. The van der Waals surface area contributed by atoms with Crippen LogP contribution in [0.1, 0.15) is 25.3 Å². The summed E-state index contributed by atoms with van der Waals surface area (Å²) in [6.07, 6.45) is 3.56. The summed E-state index contributed by atoms with van der Waals surface area (Å²) in [5.41, 5.74) is 1.16. The summed E-state index contributed by atoms with van der Waals surface area (Å²) >= 11 is 4.87. The van der Waals surface area contributed by atoms with E-state index >= 15 is 0 Å². The highest BCUT2D eigenvalue weighted by Gasteiger charge is 2.10. The molecule has 0 bridgehead atoms. The molecular formula is C19H20BrN3O2S. The Labute approximate surface area is 164 Å². The number of halogens is 1. The predicted molar refractivity (Wildman–Crippen MR) is 109 cm³/mol. The van der Waals surface area contributed by atoms with E-state index < -0.39 is 0 Å². The smallest absolute Gasteiger partial charge is 0.262 e. The zero-order valence-corrected chi connectivity index (χ0v) is 16.8. The molecular weight excluding hydrogens is 414 g/mol. The molecule has 1 aromatic carbocycles. The number of rotatable bonds is 7. The summed E-state index contributed by atoms with van der Waals surface area (Å²) in [4.78, 5) is 29.4. The molecule has 1 N–H and O–H groups in total. The van der Waals surface area contributed by atoms with E-state index in [4.69, 9.17) is 0 Å². The molecule has 3 aromatic rings. The van der Waals surface area contributed by atoms with Gasteiger partial charge in [0.2, 0.25) is 5.91 Å². The maximum Gasteiger partial charge on any atom is 0.262 e. The van der Waals surface area contributed by atoms with Gasteiger partial charge in [0, 0.05) is 23.5 Å². The Morgan fingerprint density at radius 2 is 2.08 bits per heavy atom. The molecule has 5 nitrogen and oxygen atoms in total. The first kappa shape index (κ1) is 18.8. The minimum absolute atomic E-state index is 0.0504. The minimum Gasteiger partial charge on any atom is -0.354 e. The number of carbonyl (C=O) groups excluding carboxylic acids is 1. The van der Waals surface area contributed by atoms with E-state index in [0.717, 1.165) is 22.1 Å². The number of nitrogens with one attached hydrogen (secondary N) is 1. The number of thiophene rings is 1. The summed E-state index contributed by atoms with van der Waals surface area (Å²) in [5.74, 6) is -0.0504. The third-order valence-corrected chi connectivity index (χ3v) is 5.57. The first-order chi connectivity index (χ1) is 12.5. The summed E-state index contributed by atoms with van der Waals surface area (Å²) in [7, 11) is 0. The molecule has 1 amide bonds. The number of aromatic nitrogens is 2.